The molecule has 3 rings (SSSR count). The summed E-state index contributed by atoms with van der Waals surface area (Å²) in [6.45, 7) is 1.88. The number of pyridine rings is 1. The number of hydrogen-bond donors (Lipinski definition) is 2. The molecule has 0 saturated heterocycles. The molecule has 0 radical (unpaired) electrons. The molecule has 3 N–H and O–H groups in total. The number of alkyl halides is 3. The van der Waals surface area contributed by atoms with Gasteiger partial charge in [0.25, 0.3) is 11.8 Å². The Morgan fingerprint density at radius 1 is 1.18 bits per heavy atom. The van der Waals surface area contributed by atoms with Gasteiger partial charge in [-0.1, -0.05) is 0 Å². The molecular weight excluding hydrogens is 437 g/mol. The molecule has 0 saturated carbocycles. The number of nitrogens with two attached hydrogens (primary N) is 1. The van der Waals surface area contributed by atoms with Crippen LogP contribution in [-0.2, 0) is 5.54 Å². The number of ether oxygens (including phenoxy) is 1. The normalized spacial score (nSPS) is 24.6. The number of rotatable bonds is 5. The lowest BCUT2D eigenvalue weighted by Crippen LogP contribution is -2.56. The van der Waals surface area contributed by atoms with Crippen molar-refractivity contribution in [3.8, 4) is 5.75 Å². The van der Waals surface area contributed by atoms with Crippen LogP contribution in [0.1, 0.15) is 36.3 Å². The van der Waals surface area contributed by atoms with Crippen LogP contribution in [0.25, 0.3) is 0 Å². The Balaban J connectivity index is 1.89. The maximum absolute atomic E-state index is 14.9. The summed E-state index contributed by atoms with van der Waals surface area (Å²) in [5, 5.41) is 2.05. The zero-order valence-corrected chi connectivity index (χ0v) is 19.0. The van der Waals surface area contributed by atoms with E-state index in [0.717, 1.165) is 26.0 Å². The highest BCUT2D eigenvalue weighted by molar-refractivity contribution is 6.58. The third-order valence-electron chi connectivity index (χ3n) is 5.29. The smallest absolute Gasteiger partial charge is 0.280 e. The molecule has 0 bridgehead atoms. The topological polar surface area (TPSA) is 89.6 Å². The van der Waals surface area contributed by atoms with Crippen molar-refractivity contribution in [3.63, 3.8) is 0 Å². The van der Waals surface area contributed by atoms with Crippen molar-refractivity contribution in [2.45, 2.75) is 42.7 Å². The highest BCUT2D eigenvalue weighted by Gasteiger charge is 2.60. The van der Waals surface area contributed by atoms with Crippen LogP contribution in [0.3, 0.4) is 0 Å². The number of carbonyl (C=O) groups is 1. The first-order valence-corrected chi connectivity index (χ1v) is 10.2. The number of hydrogen-bond acceptors (Lipinski definition) is 5. The van der Waals surface area contributed by atoms with Crippen LogP contribution in [0.5, 0.6) is 5.75 Å². The minimum Gasteiger partial charge on any atom is -0.512 e. The maximum Gasteiger partial charge on any atom is 0.280 e. The van der Waals surface area contributed by atoms with E-state index in [2.05, 4.69) is 15.3 Å². The summed E-state index contributed by atoms with van der Waals surface area (Å²) in [5.41, 5.74) is 0.131. The van der Waals surface area contributed by atoms with E-state index in [1.165, 1.54) is 18.3 Å². The molecule has 1 aromatic carbocycles. The summed E-state index contributed by atoms with van der Waals surface area (Å²) < 4.78 is 64.5. The number of carbonyl (C=O) groups excluding carboxylic acids is 1. The Labute approximate surface area is 191 Å². The number of nitrogens with one attached hydrogen (secondary N) is 1. The van der Waals surface area contributed by atoms with Crippen molar-refractivity contribution < 1.29 is 27.1 Å². The van der Waals surface area contributed by atoms with E-state index in [1.807, 2.05) is 23.5 Å². The number of aromatic nitrogens is 1. The number of aliphatic imine (C=N–C) groups is 1. The van der Waals surface area contributed by atoms with Gasteiger partial charge in [0.1, 0.15) is 46.6 Å². The molecule has 13 heteroatoms. The Bertz CT molecular complexity index is 1110. The van der Waals surface area contributed by atoms with E-state index in [0.29, 0.717) is 5.75 Å². The van der Waals surface area contributed by atoms with Crippen molar-refractivity contribution >= 4 is 41.0 Å². The van der Waals surface area contributed by atoms with Gasteiger partial charge in [0.15, 0.2) is 11.2 Å². The minimum atomic E-state index is -3.74. The fourth-order valence-electron chi connectivity index (χ4n) is 3.48. The average Bonchev–Trinajstić information content (AvgIpc) is 2.66. The van der Waals surface area contributed by atoms with E-state index in [1.54, 1.807) is 6.07 Å². The second kappa shape index (κ2) is 8.11. The third kappa shape index (κ3) is 5.01. The van der Waals surface area contributed by atoms with Gasteiger partial charge < -0.3 is 15.8 Å². The number of anilines is 1. The molecule has 0 unspecified atom stereocenters. The van der Waals surface area contributed by atoms with Gasteiger partial charge in [-0.3, -0.25) is 9.79 Å². The highest BCUT2D eigenvalue weighted by atomic mass is 19.3. The largest absolute Gasteiger partial charge is 0.512 e. The van der Waals surface area contributed by atoms with Crippen LogP contribution >= 0.6 is 0 Å². The number of benzene rings is 1. The number of nitrogens with zero attached hydrogens (tertiary/aromatic N) is 2. The van der Waals surface area contributed by atoms with Gasteiger partial charge >= 0.3 is 0 Å². The van der Waals surface area contributed by atoms with Gasteiger partial charge in [0, 0.05) is 16.5 Å². The van der Waals surface area contributed by atoms with Crippen LogP contribution in [0, 0.1) is 5.82 Å². The molecule has 0 aliphatic carbocycles. The minimum absolute atomic E-state index is 0.0341. The van der Waals surface area contributed by atoms with Crippen LogP contribution in [0.2, 0.25) is 0 Å². The van der Waals surface area contributed by atoms with Crippen LogP contribution in [0.15, 0.2) is 41.5 Å². The van der Waals surface area contributed by atoms with Gasteiger partial charge in [-0.05, 0) is 44.2 Å². The molecule has 2 aromatic rings. The molecule has 1 aliphatic heterocycles. The molecule has 2 heterocycles. The molecule has 1 aromatic heterocycles. The zero-order valence-electron chi connectivity index (χ0n) is 19.0. The number of halogens is 4. The monoisotopic (exact) mass is 460 g/mol. The molecule has 0 spiro atoms. The number of amidine groups is 1. The molecule has 1 aliphatic rings. The second-order valence-corrected chi connectivity index (χ2v) is 9.39. The Morgan fingerprint density at radius 3 is 2.42 bits per heavy atom. The summed E-state index contributed by atoms with van der Waals surface area (Å²) in [4.78, 5) is 20.3. The summed E-state index contributed by atoms with van der Waals surface area (Å²) in [6, 6.07) is 6.18. The molecular formula is C20H23B3F4N4O2. The van der Waals surface area contributed by atoms with Gasteiger partial charge in [0.05, 0.1) is 12.6 Å². The summed E-state index contributed by atoms with van der Waals surface area (Å²) in [7, 11) is 5.59. The van der Waals surface area contributed by atoms with Crippen molar-refractivity contribution in [3.05, 3.63) is 53.6 Å². The maximum atomic E-state index is 14.9. The van der Waals surface area contributed by atoms with Crippen molar-refractivity contribution in [2.24, 2.45) is 10.7 Å². The first-order chi connectivity index (χ1) is 15.0. The third-order valence-corrected chi connectivity index (χ3v) is 5.29. The number of amides is 1. The predicted molar refractivity (Wildman–Crippen MR) is 126 cm³/mol. The lowest BCUT2D eigenvalue weighted by atomic mass is 9.52. The summed E-state index contributed by atoms with van der Waals surface area (Å²) >= 11 is 0. The Morgan fingerprint density at radius 2 is 1.85 bits per heavy atom. The zero-order chi connectivity index (χ0) is 24.8. The van der Waals surface area contributed by atoms with E-state index < -0.39 is 52.0 Å². The Hall–Kier alpha value is -2.98. The lowest BCUT2D eigenvalue weighted by Gasteiger charge is -2.42. The van der Waals surface area contributed by atoms with Crippen molar-refractivity contribution in [1.82, 2.24) is 4.98 Å². The predicted octanol–water partition coefficient (Wildman–Crippen LogP) is 0.702. The standard InChI is InChI=1S/C20H23B3F4N4O2/c1-17(25)9-19(26,27)18(2,31-16(17)28)12-7-10(3-5-13(12)24)30-15(32)14-6-4-11(8-29-14)33-20(21,22)23/h3-8H,9,21-23H2,1-2H3,(H2,28,31)(H,30,32)/t17-,18+/m0/s1. The molecule has 33 heavy (non-hydrogen) atoms. The molecule has 6 nitrogen and oxygen atoms in total. The molecule has 1 amide bonds. The summed E-state index contributed by atoms with van der Waals surface area (Å²) in [5.74, 6) is -5.56. The lowest BCUT2D eigenvalue weighted by molar-refractivity contribution is -0.106. The van der Waals surface area contributed by atoms with Crippen LogP contribution < -0.4 is 15.8 Å². The molecule has 2 atom stereocenters. The van der Waals surface area contributed by atoms with E-state index >= 15 is 0 Å². The Kier molecular flexibility index (Phi) is 6.06. The first kappa shape index (κ1) is 24.7. The van der Waals surface area contributed by atoms with Crippen molar-refractivity contribution in [1.29, 1.82) is 0 Å². The van der Waals surface area contributed by atoms with Crippen LogP contribution in [0.4, 0.5) is 23.2 Å². The SMILES string of the molecule is BC(B)(B)Oc1ccc(C(=O)Nc2ccc(F)c([C@@]3(C)N=C(N)[C@@](C)(F)CC3(F)F)c2)nc1. The van der Waals surface area contributed by atoms with Crippen molar-refractivity contribution in [2.75, 3.05) is 5.32 Å². The fraction of sp³-hybridized carbons (Fsp3) is 0.350. The van der Waals surface area contributed by atoms with E-state index in [9.17, 15) is 22.4 Å². The summed E-state index contributed by atoms with van der Waals surface area (Å²) in [6.07, 6.45) is 0.125. The quantitative estimate of drug-likeness (QED) is 0.509. The first-order valence-electron chi connectivity index (χ1n) is 10.2. The van der Waals surface area contributed by atoms with E-state index in [4.69, 9.17) is 10.5 Å². The van der Waals surface area contributed by atoms with Gasteiger partial charge in [-0.15, -0.1) is 0 Å². The second-order valence-electron chi connectivity index (χ2n) is 9.39. The van der Waals surface area contributed by atoms with Crippen LogP contribution in [-0.4, -0.2) is 57.2 Å². The highest BCUT2D eigenvalue weighted by Crippen LogP contribution is 2.50. The average molecular weight is 460 g/mol. The van der Waals surface area contributed by atoms with Gasteiger partial charge in [0.2, 0.25) is 0 Å². The molecule has 172 valence electrons. The molecule has 0 fully saturated rings. The van der Waals surface area contributed by atoms with E-state index in [-0.39, 0.29) is 11.4 Å². The van der Waals surface area contributed by atoms with Gasteiger partial charge in [-0.2, -0.15) is 0 Å². The fourth-order valence-corrected chi connectivity index (χ4v) is 3.48. The van der Waals surface area contributed by atoms with Gasteiger partial charge in [-0.25, -0.2) is 22.5 Å².